The molecule has 1 aliphatic heterocycles. The van der Waals surface area contributed by atoms with Crippen LogP contribution in [-0.4, -0.2) is 29.9 Å². The molecule has 0 aromatic rings. The lowest BCUT2D eigenvalue weighted by atomic mass is 10.1. The predicted molar refractivity (Wildman–Crippen MR) is 50.7 cm³/mol. The van der Waals surface area contributed by atoms with E-state index in [4.69, 9.17) is 11.6 Å². The van der Waals surface area contributed by atoms with Crippen LogP contribution in [0.4, 0.5) is 0 Å². The lowest BCUT2D eigenvalue weighted by Crippen LogP contribution is -2.33. The van der Waals surface area contributed by atoms with Gasteiger partial charge in [-0.2, -0.15) is 0 Å². The molecule has 2 atom stereocenters. The maximum atomic E-state index is 5.68. The Hall–Kier alpha value is 0.540. The van der Waals surface area contributed by atoms with E-state index < -0.39 is 0 Å². The van der Waals surface area contributed by atoms with E-state index in [1.807, 2.05) is 0 Å². The Bertz CT molecular complexity index is 129. The van der Waals surface area contributed by atoms with Crippen molar-refractivity contribution >= 4 is 24.0 Å². The van der Waals surface area contributed by atoms with Gasteiger partial charge in [-0.15, -0.1) is 24.0 Å². The molecule has 1 heterocycles. The summed E-state index contributed by atoms with van der Waals surface area (Å²) < 4.78 is 0. The minimum Gasteiger partial charge on any atom is -0.299 e. The minimum absolute atomic E-state index is 0. The molecule has 1 nitrogen and oxygen atoms in total. The average Bonchev–Trinajstić information content (AvgIpc) is 2.48. The van der Waals surface area contributed by atoms with E-state index in [9.17, 15) is 0 Å². The molecule has 0 radical (unpaired) electrons. The number of piperidine rings is 1. The number of halogens is 2. The van der Waals surface area contributed by atoms with Gasteiger partial charge >= 0.3 is 0 Å². The van der Waals surface area contributed by atoms with Gasteiger partial charge in [-0.3, -0.25) is 4.90 Å². The average molecular weight is 196 g/mol. The van der Waals surface area contributed by atoms with Gasteiger partial charge in [0.25, 0.3) is 0 Å². The van der Waals surface area contributed by atoms with Crippen molar-refractivity contribution in [1.82, 2.24) is 4.90 Å². The van der Waals surface area contributed by atoms with Crippen molar-refractivity contribution in [3.05, 3.63) is 0 Å². The van der Waals surface area contributed by atoms with Crippen molar-refractivity contribution in [1.29, 1.82) is 0 Å². The highest BCUT2D eigenvalue weighted by Gasteiger charge is 2.36. The van der Waals surface area contributed by atoms with Crippen molar-refractivity contribution in [2.24, 2.45) is 5.92 Å². The molecule has 2 rings (SSSR count). The first kappa shape index (κ1) is 9.63. The lowest BCUT2D eigenvalue weighted by Gasteiger charge is -2.25. The van der Waals surface area contributed by atoms with Crippen LogP contribution in [0, 0.1) is 5.92 Å². The van der Waals surface area contributed by atoms with Crippen LogP contribution in [0.15, 0.2) is 0 Å². The number of rotatable bonds is 2. The van der Waals surface area contributed by atoms with Gasteiger partial charge in [0, 0.05) is 25.0 Å². The molecule has 1 saturated heterocycles. The maximum Gasteiger partial charge on any atom is 0.0351 e. The second kappa shape index (κ2) is 3.97. The first-order valence-corrected chi connectivity index (χ1v) is 4.73. The smallest absolute Gasteiger partial charge is 0.0351 e. The fourth-order valence-corrected chi connectivity index (χ4v) is 2.63. The predicted octanol–water partition coefficient (Wildman–Crippen LogP) is 2.13. The molecule has 1 saturated carbocycles. The molecule has 11 heavy (non-hydrogen) atoms. The van der Waals surface area contributed by atoms with Crippen molar-refractivity contribution in [3.63, 3.8) is 0 Å². The normalized spacial score (nSPS) is 35.7. The highest BCUT2D eigenvalue weighted by atomic mass is 35.5. The molecule has 66 valence electrons. The zero-order valence-electron chi connectivity index (χ0n) is 6.63. The van der Waals surface area contributed by atoms with Crippen molar-refractivity contribution < 1.29 is 0 Å². The Balaban J connectivity index is 0.000000605. The van der Waals surface area contributed by atoms with Gasteiger partial charge in [0.2, 0.25) is 0 Å². The summed E-state index contributed by atoms with van der Waals surface area (Å²) in [5.74, 6) is 1.83. The maximum absolute atomic E-state index is 5.68. The number of hydrogen-bond acceptors (Lipinski definition) is 1. The van der Waals surface area contributed by atoms with Gasteiger partial charge in [-0.1, -0.05) is 0 Å². The second-order valence-corrected chi connectivity index (χ2v) is 3.89. The SMILES string of the molecule is Cl.ClCCN1CC2CCC1C2. The highest BCUT2D eigenvalue weighted by Crippen LogP contribution is 2.36. The molecule has 0 amide bonds. The number of nitrogens with zero attached hydrogens (tertiary/aromatic N) is 1. The summed E-state index contributed by atoms with van der Waals surface area (Å²) in [7, 11) is 0. The summed E-state index contributed by atoms with van der Waals surface area (Å²) in [6.07, 6.45) is 4.36. The van der Waals surface area contributed by atoms with Crippen molar-refractivity contribution in [2.45, 2.75) is 25.3 Å². The van der Waals surface area contributed by atoms with Crippen LogP contribution in [0.2, 0.25) is 0 Å². The third-order valence-electron chi connectivity index (χ3n) is 2.89. The molecule has 3 heteroatoms. The van der Waals surface area contributed by atoms with Crippen molar-refractivity contribution in [3.8, 4) is 0 Å². The standard InChI is InChI=1S/C8H14ClN.ClH/c9-3-4-10-6-7-1-2-8(10)5-7;/h7-8H,1-6H2;1H. The summed E-state index contributed by atoms with van der Waals surface area (Å²) >= 11 is 5.68. The first-order chi connectivity index (χ1) is 4.90. The summed E-state index contributed by atoms with van der Waals surface area (Å²) in [5, 5.41) is 0. The molecule has 2 fully saturated rings. The Morgan fingerprint density at radius 3 is 2.64 bits per heavy atom. The molecule has 1 aliphatic carbocycles. The summed E-state index contributed by atoms with van der Waals surface area (Å²) in [4.78, 5) is 2.56. The zero-order valence-corrected chi connectivity index (χ0v) is 8.20. The fraction of sp³-hybridized carbons (Fsp3) is 1.00. The molecule has 0 aromatic carbocycles. The molecular weight excluding hydrogens is 181 g/mol. The van der Waals surface area contributed by atoms with Gasteiger partial charge < -0.3 is 0 Å². The summed E-state index contributed by atoms with van der Waals surface area (Å²) in [6.45, 7) is 2.44. The van der Waals surface area contributed by atoms with Gasteiger partial charge in [-0.05, 0) is 25.2 Å². The topological polar surface area (TPSA) is 3.24 Å². The summed E-state index contributed by atoms with van der Waals surface area (Å²) in [5.41, 5.74) is 0. The van der Waals surface area contributed by atoms with E-state index in [1.54, 1.807) is 0 Å². The highest BCUT2D eigenvalue weighted by molar-refractivity contribution is 6.18. The molecule has 2 bridgehead atoms. The van der Waals surface area contributed by atoms with Crippen LogP contribution in [0.3, 0.4) is 0 Å². The molecule has 0 N–H and O–H groups in total. The van der Waals surface area contributed by atoms with E-state index in [0.717, 1.165) is 24.4 Å². The van der Waals surface area contributed by atoms with Crippen molar-refractivity contribution in [2.75, 3.05) is 19.0 Å². The quantitative estimate of drug-likeness (QED) is 0.611. The minimum atomic E-state index is 0. The molecule has 2 aliphatic rings. The van der Waals surface area contributed by atoms with Crippen LogP contribution in [0.1, 0.15) is 19.3 Å². The molecular formula is C8H15Cl2N. The van der Waals surface area contributed by atoms with Crippen LogP contribution >= 0.6 is 24.0 Å². The van der Waals surface area contributed by atoms with E-state index in [1.165, 1.54) is 25.8 Å². The van der Waals surface area contributed by atoms with Gasteiger partial charge in [0.15, 0.2) is 0 Å². The van der Waals surface area contributed by atoms with E-state index in [0.29, 0.717) is 0 Å². The number of likely N-dealkylation sites (tertiary alicyclic amines) is 1. The number of hydrogen-bond donors (Lipinski definition) is 0. The van der Waals surface area contributed by atoms with Gasteiger partial charge in [0.1, 0.15) is 0 Å². The van der Waals surface area contributed by atoms with Gasteiger partial charge in [-0.25, -0.2) is 0 Å². The second-order valence-electron chi connectivity index (χ2n) is 3.52. The molecule has 2 unspecified atom stereocenters. The third kappa shape index (κ3) is 1.82. The molecule has 0 aromatic heterocycles. The van der Waals surface area contributed by atoms with E-state index in [-0.39, 0.29) is 12.4 Å². The first-order valence-electron chi connectivity index (χ1n) is 4.20. The van der Waals surface area contributed by atoms with Crippen LogP contribution in [-0.2, 0) is 0 Å². The number of fused-ring (bicyclic) bond motifs is 2. The largest absolute Gasteiger partial charge is 0.299 e. The summed E-state index contributed by atoms with van der Waals surface area (Å²) in [6, 6.07) is 0.906. The fourth-order valence-electron chi connectivity index (χ4n) is 2.41. The monoisotopic (exact) mass is 195 g/mol. The lowest BCUT2D eigenvalue weighted by molar-refractivity contribution is 0.226. The Kier molecular flexibility index (Phi) is 3.48. The van der Waals surface area contributed by atoms with Gasteiger partial charge in [0.05, 0.1) is 0 Å². The zero-order chi connectivity index (χ0) is 6.97. The molecule has 0 spiro atoms. The van der Waals surface area contributed by atoms with E-state index in [2.05, 4.69) is 4.90 Å². The third-order valence-corrected chi connectivity index (χ3v) is 3.06. The van der Waals surface area contributed by atoms with Crippen LogP contribution in [0.25, 0.3) is 0 Å². The van der Waals surface area contributed by atoms with E-state index >= 15 is 0 Å². The number of alkyl halides is 1. The van der Waals surface area contributed by atoms with Crippen LogP contribution in [0.5, 0.6) is 0 Å². The Morgan fingerprint density at radius 2 is 2.18 bits per heavy atom. The Morgan fingerprint density at radius 1 is 1.36 bits per heavy atom. The Labute approximate surface area is 79.5 Å². The van der Waals surface area contributed by atoms with Crippen LogP contribution < -0.4 is 0 Å².